The zero-order valence-electron chi connectivity index (χ0n) is 20.6. The highest BCUT2D eigenvalue weighted by atomic mass is 19.3. The number of carbonyl (C=O) groups is 1. The van der Waals surface area contributed by atoms with Gasteiger partial charge in [0.1, 0.15) is 11.4 Å². The third-order valence-electron chi connectivity index (χ3n) is 5.74. The quantitative estimate of drug-likeness (QED) is 0.360. The van der Waals surface area contributed by atoms with Gasteiger partial charge in [-0.05, 0) is 80.3 Å². The number of aliphatic carboxylic acids is 1. The first-order chi connectivity index (χ1) is 16.9. The van der Waals surface area contributed by atoms with E-state index >= 15 is 0 Å². The lowest BCUT2D eigenvalue weighted by Gasteiger charge is -2.21. The molecule has 0 atom stereocenters. The second-order valence-corrected chi connectivity index (χ2v) is 9.80. The van der Waals surface area contributed by atoms with E-state index in [-0.39, 0.29) is 12.1 Å². The Labute approximate surface area is 207 Å². The largest absolute Gasteiger partial charge is 0.493 e. The molecule has 0 bridgehead atoms. The summed E-state index contributed by atoms with van der Waals surface area (Å²) in [6.45, 7) is 7.59. The Balaban J connectivity index is 0.000000556. The summed E-state index contributed by atoms with van der Waals surface area (Å²) in [5.74, 6) is -0.233. The van der Waals surface area contributed by atoms with Gasteiger partial charge >= 0.3 is 5.97 Å². The molecule has 0 saturated heterocycles. The van der Waals surface area contributed by atoms with Crippen molar-refractivity contribution in [1.29, 1.82) is 0 Å². The van der Waals surface area contributed by atoms with Crippen LogP contribution < -0.4 is 4.74 Å². The molecule has 0 spiro atoms. The number of carboxylic acid groups (broad SMARTS) is 1. The van der Waals surface area contributed by atoms with E-state index in [9.17, 15) is 18.7 Å². The number of rotatable bonds is 4. The van der Waals surface area contributed by atoms with E-state index in [1.54, 1.807) is 46.0 Å². The molecule has 0 saturated carbocycles. The van der Waals surface area contributed by atoms with Gasteiger partial charge in [-0.25, -0.2) is 13.8 Å². The smallest absolute Gasteiger partial charge is 0.307 e. The van der Waals surface area contributed by atoms with Crippen LogP contribution in [0.3, 0.4) is 0 Å². The van der Waals surface area contributed by atoms with Crippen molar-refractivity contribution < 1.29 is 28.5 Å². The molecular weight excluding hydrogens is 466 g/mol. The van der Waals surface area contributed by atoms with Crippen LogP contribution in [0.15, 0.2) is 42.6 Å². The average Bonchev–Trinajstić information content (AvgIpc) is 2.79. The van der Waals surface area contributed by atoms with E-state index in [2.05, 4.69) is 9.97 Å². The molecule has 0 amide bonds. The number of alkyl halides is 2. The Morgan fingerprint density at radius 3 is 2.56 bits per heavy atom. The highest BCUT2D eigenvalue weighted by Crippen LogP contribution is 2.42. The van der Waals surface area contributed by atoms with E-state index in [1.165, 1.54) is 6.07 Å². The number of ether oxygens (including phenoxy) is 1. The van der Waals surface area contributed by atoms with Crippen LogP contribution in [0.2, 0.25) is 0 Å². The van der Waals surface area contributed by atoms with E-state index in [0.717, 1.165) is 28.7 Å². The highest BCUT2D eigenvalue weighted by Gasteiger charge is 2.23. The molecule has 0 aliphatic carbocycles. The fourth-order valence-corrected chi connectivity index (χ4v) is 4.38. The van der Waals surface area contributed by atoms with Gasteiger partial charge < -0.3 is 14.9 Å². The van der Waals surface area contributed by atoms with E-state index < -0.39 is 18.0 Å². The summed E-state index contributed by atoms with van der Waals surface area (Å²) in [6, 6.07) is 10.2. The summed E-state index contributed by atoms with van der Waals surface area (Å²) in [5.41, 5.74) is 4.10. The number of hydrogen-bond donors (Lipinski definition) is 2. The molecule has 3 heterocycles. The van der Waals surface area contributed by atoms with Crippen molar-refractivity contribution in [3.63, 3.8) is 0 Å². The fraction of sp³-hybridized carbons (Fsp3) is 0.321. The number of nitrogens with zero attached hydrogens (tertiary/aromatic N) is 2. The maximum absolute atomic E-state index is 13.2. The van der Waals surface area contributed by atoms with Gasteiger partial charge in [0, 0.05) is 29.0 Å². The molecule has 4 aromatic rings. The molecule has 0 unspecified atom stereocenters. The Morgan fingerprint density at radius 1 is 1.17 bits per heavy atom. The van der Waals surface area contributed by atoms with Gasteiger partial charge in [0.05, 0.1) is 29.7 Å². The second kappa shape index (κ2) is 9.78. The van der Waals surface area contributed by atoms with E-state index in [0.29, 0.717) is 39.7 Å². The highest BCUT2D eigenvalue weighted by molar-refractivity contribution is 6.07. The van der Waals surface area contributed by atoms with Crippen LogP contribution in [-0.2, 0) is 17.6 Å². The number of halogens is 2. The van der Waals surface area contributed by atoms with Gasteiger partial charge in [-0.2, -0.15) is 0 Å². The summed E-state index contributed by atoms with van der Waals surface area (Å²) in [6.07, 6.45) is -0.400. The third kappa shape index (κ3) is 5.28. The number of carboxylic acids is 1. The Bertz CT molecular complexity index is 1450. The lowest BCUT2D eigenvalue weighted by atomic mass is 9.88. The topological polar surface area (TPSA) is 92.5 Å². The SMILES string of the molecule is CC(C)(C)O.Cc1cc2nc(C(F)F)ccc2c(-c2ccc3c4c(ccnc24)CCO3)c1CC(=O)O. The second-order valence-electron chi connectivity index (χ2n) is 9.80. The minimum atomic E-state index is -2.69. The van der Waals surface area contributed by atoms with Crippen LogP contribution in [0.4, 0.5) is 8.78 Å². The van der Waals surface area contributed by atoms with Crippen molar-refractivity contribution in [3.05, 3.63) is 65.0 Å². The summed E-state index contributed by atoms with van der Waals surface area (Å²) in [7, 11) is 0. The van der Waals surface area contributed by atoms with Crippen molar-refractivity contribution in [3.8, 4) is 16.9 Å². The summed E-state index contributed by atoms with van der Waals surface area (Å²) < 4.78 is 32.3. The van der Waals surface area contributed by atoms with Gasteiger partial charge in [-0.15, -0.1) is 0 Å². The summed E-state index contributed by atoms with van der Waals surface area (Å²) >= 11 is 0. The van der Waals surface area contributed by atoms with Crippen LogP contribution in [0, 0.1) is 6.92 Å². The Kier molecular flexibility index (Phi) is 6.91. The number of fused-ring (bicyclic) bond motifs is 1. The minimum absolute atomic E-state index is 0.201. The average molecular weight is 495 g/mol. The van der Waals surface area contributed by atoms with Crippen molar-refractivity contribution in [2.24, 2.45) is 0 Å². The molecule has 1 aliphatic rings. The number of aromatic nitrogens is 2. The minimum Gasteiger partial charge on any atom is -0.493 e. The summed E-state index contributed by atoms with van der Waals surface area (Å²) in [5, 5.41) is 19.6. The predicted octanol–water partition coefficient (Wildman–Crippen LogP) is 6.04. The van der Waals surface area contributed by atoms with Crippen LogP contribution in [0.1, 0.15) is 49.6 Å². The zero-order valence-corrected chi connectivity index (χ0v) is 20.6. The molecule has 5 rings (SSSR count). The number of benzene rings is 2. The van der Waals surface area contributed by atoms with Crippen molar-refractivity contribution >= 4 is 27.8 Å². The maximum Gasteiger partial charge on any atom is 0.307 e. The van der Waals surface area contributed by atoms with Crippen LogP contribution in [-0.4, -0.2) is 38.4 Å². The number of pyridine rings is 2. The summed E-state index contributed by atoms with van der Waals surface area (Å²) in [4.78, 5) is 20.4. The lowest BCUT2D eigenvalue weighted by Crippen LogP contribution is -2.10. The molecule has 2 N–H and O–H groups in total. The molecule has 8 heteroatoms. The standard InChI is InChI=1S/C24H18F2N2O3.C4H10O/c1-12-10-18-14(2-4-17(28-18)24(25)26)22(16(12)11-20(29)30)15-3-5-19-21-13(7-9-31-19)6-8-27-23(15)21;1-4(2,3)5/h2-6,8,10,24H,7,9,11H2,1H3,(H,29,30);5H,1-3H3. The number of aryl methyl sites for hydroxylation is 1. The molecule has 36 heavy (non-hydrogen) atoms. The van der Waals surface area contributed by atoms with Gasteiger partial charge in [-0.1, -0.05) is 6.07 Å². The van der Waals surface area contributed by atoms with Crippen LogP contribution >= 0.6 is 0 Å². The first-order valence-corrected chi connectivity index (χ1v) is 11.6. The molecule has 1 aliphatic heterocycles. The van der Waals surface area contributed by atoms with Crippen LogP contribution in [0.5, 0.6) is 5.75 Å². The van der Waals surface area contributed by atoms with E-state index in [1.807, 2.05) is 18.2 Å². The first-order valence-electron chi connectivity index (χ1n) is 11.6. The van der Waals surface area contributed by atoms with E-state index in [4.69, 9.17) is 9.84 Å². The molecule has 0 fully saturated rings. The monoisotopic (exact) mass is 494 g/mol. The van der Waals surface area contributed by atoms with Crippen LogP contribution in [0.25, 0.3) is 32.9 Å². The number of aliphatic hydroxyl groups is 1. The molecule has 6 nitrogen and oxygen atoms in total. The molecule has 2 aromatic carbocycles. The third-order valence-corrected chi connectivity index (χ3v) is 5.74. The molecule has 2 aromatic heterocycles. The predicted molar refractivity (Wildman–Crippen MR) is 135 cm³/mol. The van der Waals surface area contributed by atoms with Gasteiger partial charge in [0.25, 0.3) is 6.43 Å². The first kappa shape index (κ1) is 25.4. The molecular formula is C28H28F2N2O4. The van der Waals surface area contributed by atoms with Gasteiger partial charge in [0.2, 0.25) is 0 Å². The Hall–Kier alpha value is -3.65. The van der Waals surface area contributed by atoms with Crippen molar-refractivity contribution in [1.82, 2.24) is 9.97 Å². The molecule has 188 valence electrons. The van der Waals surface area contributed by atoms with Gasteiger partial charge in [-0.3, -0.25) is 9.78 Å². The molecule has 0 radical (unpaired) electrons. The lowest BCUT2D eigenvalue weighted by molar-refractivity contribution is -0.136. The fourth-order valence-electron chi connectivity index (χ4n) is 4.38. The van der Waals surface area contributed by atoms with Crippen molar-refractivity contribution in [2.45, 2.75) is 52.6 Å². The van der Waals surface area contributed by atoms with Crippen molar-refractivity contribution in [2.75, 3.05) is 6.61 Å². The normalized spacial score (nSPS) is 12.9. The zero-order chi connectivity index (χ0) is 26.2. The number of hydrogen-bond acceptors (Lipinski definition) is 5. The Morgan fingerprint density at radius 2 is 1.89 bits per heavy atom. The maximum atomic E-state index is 13.2. The van der Waals surface area contributed by atoms with Gasteiger partial charge in [0.15, 0.2) is 0 Å².